The average molecular weight is 186 g/mol. The van der Waals surface area contributed by atoms with Crippen molar-refractivity contribution in [2.24, 2.45) is 11.7 Å². The molecule has 2 unspecified atom stereocenters. The fourth-order valence-corrected chi connectivity index (χ4v) is 1.60. The van der Waals surface area contributed by atoms with Crippen LogP contribution in [0.25, 0.3) is 0 Å². The van der Waals surface area contributed by atoms with Crippen molar-refractivity contribution in [3.63, 3.8) is 0 Å². The number of nitrogens with two attached hydrogens (primary N) is 1. The van der Waals surface area contributed by atoms with Crippen molar-refractivity contribution in [2.75, 3.05) is 20.2 Å². The maximum absolute atomic E-state index is 8.76. The van der Waals surface area contributed by atoms with E-state index in [1.165, 1.54) is 12.8 Å². The van der Waals surface area contributed by atoms with E-state index in [9.17, 15) is 0 Å². The highest BCUT2D eigenvalue weighted by Crippen LogP contribution is 2.34. The molecule has 1 aliphatic carbocycles. The summed E-state index contributed by atoms with van der Waals surface area (Å²) in [5.41, 5.74) is 5.64. The summed E-state index contributed by atoms with van der Waals surface area (Å²) in [5, 5.41) is 8.76. The minimum absolute atomic E-state index is 0.0474. The zero-order valence-corrected chi connectivity index (χ0v) is 8.74. The third-order valence-electron chi connectivity index (χ3n) is 3.09. The highest BCUT2D eigenvalue weighted by Gasteiger charge is 2.30. The van der Waals surface area contributed by atoms with Crippen molar-refractivity contribution < 1.29 is 5.11 Å². The quantitative estimate of drug-likeness (QED) is 0.632. The first-order valence-electron chi connectivity index (χ1n) is 5.21. The van der Waals surface area contributed by atoms with Gasteiger partial charge in [-0.15, -0.1) is 0 Å². The molecule has 0 saturated heterocycles. The third-order valence-corrected chi connectivity index (χ3v) is 3.09. The molecule has 3 nitrogen and oxygen atoms in total. The maximum atomic E-state index is 8.76. The molecular weight excluding hydrogens is 164 g/mol. The zero-order valence-electron chi connectivity index (χ0n) is 8.74. The molecule has 1 fully saturated rings. The number of aliphatic hydroxyl groups is 1. The molecule has 3 N–H and O–H groups in total. The van der Waals surface area contributed by atoms with Crippen LogP contribution in [-0.2, 0) is 0 Å². The number of aliphatic hydroxyl groups excluding tert-OH is 1. The van der Waals surface area contributed by atoms with Crippen molar-refractivity contribution >= 4 is 0 Å². The van der Waals surface area contributed by atoms with Gasteiger partial charge in [0.2, 0.25) is 0 Å². The lowest BCUT2D eigenvalue weighted by molar-refractivity contribution is 0.204. The molecule has 13 heavy (non-hydrogen) atoms. The van der Waals surface area contributed by atoms with Gasteiger partial charge in [-0.05, 0) is 45.7 Å². The fraction of sp³-hybridized carbons (Fsp3) is 1.00. The summed E-state index contributed by atoms with van der Waals surface area (Å²) in [7, 11) is 2.15. The molecule has 0 bridgehead atoms. The Hall–Kier alpha value is -0.120. The van der Waals surface area contributed by atoms with E-state index in [-0.39, 0.29) is 12.6 Å². The van der Waals surface area contributed by atoms with Gasteiger partial charge >= 0.3 is 0 Å². The van der Waals surface area contributed by atoms with Crippen LogP contribution in [0.4, 0.5) is 0 Å². The lowest BCUT2D eigenvalue weighted by Crippen LogP contribution is -2.36. The molecule has 0 aromatic rings. The number of hydrogen-bond acceptors (Lipinski definition) is 3. The Bertz CT molecular complexity index is 148. The summed E-state index contributed by atoms with van der Waals surface area (Å²) in [4.78, 5) is 2.35. The molecule has 78 valence electrons. The summed E-state index contributed by atoms with van der Waals surface area (Å²) >= 11 is 0. The molecule has 0 aromatic carbocycles. The first-order valence-corrected chi connectivity index (χ1v) is 5.21. The zero-order chi connectivity index (χ0) is 9.84. The molecule has 1 aliphatic rings. The Morgan fingerprint density at radius 3 is 2.62 bits per heavy atom. The van der Waals surface area contributed by atoms with E-state index in [4.69, 9.17) is 10.8 Å². The maximum Gasteiger partial charge on any atom is 0.0583 e. The molecule has 1 saturated carbocycles. The van der Waals surface area contributed by atoms with Crippen LogP contribution in [0.2, 0.25) is 0 Å². The van der Waals surface area contributed by atoms with E-state index in [2.05, 4.69) is 18.9 Å². The van der Waals surface area contributed by atoms with E-state index in [1.54, 1.807) is 0 Å². The Balaban J connectivity index is 2.12. The van der Waals surface area contributed by atoms with Gasteiger partial charge in [-0.25, -0.2) is 0 Å². The van der Waals surface area contributed by atoms with Crippen molar-refractivity contribution in [2.45, 2.75) is 38.3 Å². The van der Waals surface area contributed by atoms with E-state index < -0.39 is 0 Å². The van der Waals surface area contributed by atoms with Gasteiger partial charge in [0.1, 0.15) is 0 Å². The second kappa shape index (κ2) is 4.94. The second-order valence-electron chi connectivity index (χ2n) is 4.29. The van der Waals surface area contributed by atoms with Gasteiger partial charge in [-0.1, -0.05) is 0 Å². The molecule has 0 heterocycles. The van der Waals surface area contributed by atoms with Crippen molar-refractivity contribution in [1.82, 2.24) is 4.90 Å². The van der Waals surface area contributed by atoms with Crippen LogP contribution in [0.1, 0.15) is 26.2 Å². The van der Waals surface area contributed by atoms with Gasteiger partial charge in [0, 0.05) is 12.1 Å². The number of hydrogen-bond donors (Lipinski definition) is 2. The van der Waals surface area contributed by atoms with Crippen LogP contribution in [0.5, 0.6) is 0 Å². The number of rotatable bonds is 6. The van der Waals surface area contributed by atoms with E-state index in [0.717, 1.165) is 18.9 Å². The predicted molar refractivity (Wildman–Crippen MR) is 54.5 cm³/mol. The fourth-order valence-electron chi connectivity index (χ4n) is 1.60. The SMILES string of the molecule is CC(C1CC1)N(C)CCC(N)CO. The normalized spacial score (nSPS) is 21.9. The molecule has 1 rings (SSSR count). The third kappa shape index (κ3) is 3.63. The van der Waals surface area contributed by atoms with Crippen LogP contribution >= 0.6 is 0 Å². The number of nitrogens with zero attached hydrogens (tertiary/aromatic N) is 1. The van der Waals surface area contributed by atoms with Crippen LogP contribution < -0.4 is 5.73 Å². The van der Waals surface area contributed by atoms with Crippen LogP contribution in [0.15, 0.2) is 0 Å². The van der Waals surface area contributed by atoms with Crippen LogP contribution in [0, 0.1) is 5.92 Å². The predicted octanol–water partition coefficient (Wildman–Crippen LogP) is 0.426. The van der Waals surface area contributed by atoms with Crippen LogP contribution in [-0.4, -0.2) is 42.3 Å². The Morgan fingerprint density at radius 1 is 1.54 bits per heavy atom. The van der Waals surface area contributed by atoms with Gasteiger partial charge in [0.05, 0.1) is 6.61 Å². The van der Waals surface area contributed by atoms with Crippen molar-refractivity contribution in [1.29, 1.82) is 0 Å². The minimum atomic E-state index is -0.0474. The standard InChI is InChI=1S/C10H22N2O/c1-8(9-3-4-9)12(2)6-5-10(11)7-13/h8-10,13H,3-7,11H2,1-2H3. The topological polar surface area (TPSA) is 49.5 Å². The second-order valence-corrected chi connectivity index (χ2v) is 4.29. The van der Waals surface area contributed by atoms with Crippen molar-refractivity contribution in [3.05, 3.63) is 0 Å². The molecule has 0 amide bonds. The smallest absolute Gasteiger partial charge is 0.0583 e. The highest BCUT2D eigenvalue weighted by atomic mass is 16.3. The van der Waals surface area contributed by atoms with Gasteiger partial charge in [-0.2, -0.15) is 0 Å². The summed E-state index contributed by atoms with van der Waals surface area (Å²) in [6, 6.07) is 0.639. The Labute approximate surface area is 80.9 Å². The summed E-state index contributed by atoms with van der Waals surface area (Å²) < 4.78 is 0. The van der Waals surface area contributed by atoms with Gasteiger partial charge in [-0.3, -0.25) is 0 Å². The molecule has 2 atom stereocenters. The van der Waals surface area contributed by atoms with E-state index in [0.29, 0.717) is 6.04 Å². The first kappa shape index (κ1) is 11.0. The van der Waals surface area contributed by atoms with Gasteiger partial charge in [0.25, 0.3) is 0 Å². The molecule has 0 aromatic heterocycles. The average Bonchev–Trinajstić information content (AvgIpc) is 2.95. The van der Waals surface area contributed by atoms with E-state index in [1.807, 2.05) is 0 Å². The summed E-state index contributed by atoms with van der Waals surface area (Å²) in [6.07, 6.45) is 3.67. The molecule has 0 radical (unpaired) electrons. The minimum Gasteiger partial charge on any atom is -0.395 e. The molecule has 0 spiro atoms. The molecule has 3 heteroatoms. The van der Waals surface area contributed by atoms with Crippen molar-refractivity contribution in [3.8, 4) is 0 Å². The summed E-state index contributed by atoms with van der Waals surface area (Å²) in [5.74, 6) is 0.912. The molecular formula is C10H22N2O. The largest absolute Gasteiger partial charge is 0.395 e. The summed E-state index contributed by atoms with van der Waals surface area (Å²) in [6.45, 7) is 3.38. The van der Waals surface area contributed by atoms with Gasteiger partial charge < -0.3 is 15.7 Å². The lowest BCUT2D eigenvalue weighted by atomic mass is 10.1. The molecule has 0 aliphatic heterocycles. The Kier molecular flexibility index (Phi) is 4.16. The highest BCUT2D eigenvalue weighted by molar-refractivity contribution is 4.84. The Morgan fingerprint density at radius 2 is 2.15 bits per heavy atom. The monoisotopic (exact) mass is 186 g/mol. The lowest BCUT2D eigenvalue weighted by Gasteiger charge is -2.25. The van der Waals surface area contributed by atoms with Gasteiger partial charge in [0.15, 0.2) is 0 Å². The van der Waals surface area contributed by atoms with E-state index >= 15 is 0 Å². The van der Waals surface area contributed by atoms with Crippen LogP contribution in [0.3, 0.4) is 0 Å². The first-order chi connectivity index (χ1) is 6.15.